The largest absolute Gasteiger partial charge is 0.295 e. The minimum atomic E-state index is 0.197. The fourth-order valence-corrected chi connectivity index (χ4v) is 6.07. The summed E-state index contributed by atoms with van der Waals surface area (Å²) in [5.74, 6) is 2.59. The van der Waals surface area contributed by atoms with E-state index in [1.54, 1.807) is 0 Å². The van der Waals surface area contributed by atoms with Crippen molar-refractivity contribution in [3.63, 3.8) is 0 Å². The maximum Gasteiger partial charge on any atom is 0.159 e. The van der Waals surface area contributed by atoms with Crippen molar-refractivity contribution < 1.29 is 4.79 Å². The van der Waals surface area contributed by atoms with Gasteiger partial charge in [-0.25, -0.2) is 0 Å². The number of hydrogen-bond acceptors (Lipinski definition) is 1. The molecule has 2 fully saturated rings. The summed E-state index contributed by atoms with van der Waals surface area (Å²) in [7, 11) is 0. The van der Waals surface area contributed by atoms with Gasteiger partial charge in [0.05, 0.1) is 0 Å². The lowest BCUT2D eigenvalue weighted by Gasteiger charge is -2.56. The zero-order chi connectivity index (χ0) is 14.0. The van der Waals surface area contributed by atoms with E-state index in [1.165, 1.54) is 37.7 Å². The van der Waals surface area contributed by atoms with E-state index in [9.17, 15) is 4.79 Å². The summed E-state index contributed by atoms with van der Waals surface area (Å²) in [5.41, 5.74) is 1.79. The van der Waals surface area contributed by atoms with Crippen molar-refractivity contribution in [3.8, 4) is 0 Å². The Balaban J connectivity index is 1.75. The summed E-state index contributed by atoms with van der Waals surface area (Å²) in [6, 6.07) is 0. The van der Waals surface area contributed by atoms with Crippen molar-refractivity contribution in [2.75, 3.05) is 0 Å². The van der Waals surface area contributed by atoms with Crippen LogP contribution in [0.5, 0.6) is 0 Å². The van der Waals surface area contributed by atoms with Crippen LogP contribution in [-0.2, 0) is 4.79 Å². The van der Waals surface area contributed by atoms with Crippen molar-refractivity contribution >= 4 is 5.78 Å². The molecule has 0 unspecified atom stereocenters. The molecular formula is C19H26O. The van der Waals surface area contributed by atoms with Crippen molar-refractivity contribution in [2.45, 2.75) is 58.8 Å². The van der Waals surface area contributed by atoms with E-state index in [0.29, 0.717) is 17.1 Å². The second kappa shape index (κ2) is 4.08. The van der Waals surface area contributed by atoms with Crippen LogP contribution in [0.15, 0.2) is 23.8 Å². The maximum atomic E-state index is 12.7. The second-order valence-electron chi connectivity index (χ2n) is 8.11. The highest BCUT2D eigenvalue weighted by molar-refractivity contribution is 5.98. The van der Waals surface area contributed by atoms with Gasteiger partial charge in [-0.3, -0.25) is 4.79 Å². The zero-order valence-electron chi connectivity index (χ0n) is 12.8. The Morgan fingerprint density at radius 2 is 2.05 bits per heavy atom. The fourth-order valence-electron chi connectivity index (χ4n) is 6.07. The van der Waals surface area contributed by atoms with Crippen LogP contribution >= 0.6 is 0 Å². The molecule has 108 valence electrons. The Morgan fingerprint density at radius 3 is 2.90 bits per heavy atom. The Bertz CT molecular complexity index is 514. The summed E-state index contributed by atoms with van der Waals surface area (Å²) in [4.78, 5) is 12.7. The van der Waals surface area contributed by atoms with Gasteiger partial charge in [0.2, 0.25) is 0 Å². The van der Waals surface area contributed by atoms with E-state index in [2.05, 4.69) is 32.1 Å². The molecule has 4 aliphatic rings. The number of carbonyl (C=O) groups is 1. The topological polar surface area (TPSA) is 17.1 Å². The van der Waals surface area contributed by atoms with Gasteiger partial charge in [0.15, 0.2) is 5.78 Å². The molecule has 0 saturated heterocycles. The summed E-state index contributed by atoms with van der Waals surface area (Å²) in [6.07, 6.45) is 15.4. The smallest absolute Gasteiger partial charge is 0.159 e. The van der Waals surface area contributed by atoms with Gasteiger partial charge in [0, 0.05) is 6.42 Å². The number of carbonyl (C=O) groups excluding carboxylic acids is 1. The SMILES string of the molecule is C[C@@]12C=CC[C@H]1[C@@H]1CC(=O)C3=CCCC[C@]3(C)[C@H]1CC2. The van der Waals surface area contributed by atoms with E-state index in [4.69, 9.17) is 0 Å². The third-order valence-electron chi connectivity index (χ3n) is 7.17. The number of fused-ring (bicyclic) bond motifs is 5. The molecule has 0 N–H and O–H groups in total. The van der Waals surface area contributed by atoms with E-state index >= 15 is 0 Å². The first-order valence-electron chi connectivity index (χ1n) is 8.46. The lowest BCUT2D eigenvalue weighted by Crippen LogP contribution is -2.51. The highest BCUT2D eigenvalue weighted by Gasteiger charge is 2.56. The number of rotatable bonds is 0. The average molecular weight is 270 g/mol. The highest BCUT2D eigenvalue weighted by atomic mass is 16.1. The number of ketones is 1. The van der Waals surface area contributed by atoms with Crippen LogP contribution in [0.4, 0.5) is 0 Å². The average Bonchev–Trinajstić information content (AvgIpc) is 2.81. The first-order chi connectivity index (χ1) is 9.55. The predicted octanol–water partition coefficient (Wildman–Crippen LogP) is 4.68. The quantitative estimate of drug-likeness (QED) is 0.584. The molecule has 1 heteroatoms. The van der Waals surface area contributed by atoms with Crippen LogP contribution in [-0.4, -0.2) is 5.78 Å². The first kappa shape index (κ1) is 12.9. The van der Waals surface area contributed by atoms with E-state index in [1.807, 2.05) is 0 Å². The fraction of sp³-hybridized carbons (Fsp3) is 0.737. The molecule has 0 aromatic carbocycles. The van der Waals surface area contributed by atoms with Crippen molar-refractivity contribution in [3.05, 3.63) is 23.8 Å². The van der Waals surface area contributed by atoms with E-state index < -0.39 is 0 Å². The van der Waals surface area contributed by atoms with Gasteiger partial charge in [-0.1, -0.05) is 32.1 Å². The molecule has 20 heavy (non-hydrogen) atoms. The van der Waals surface area contributed by atoms with Crippen LogP contribution in [0.1, 0.15) is 58.8 Å². The molecule has 5 atom stereocenters. The van der Waals surface area contributed by atoms with Crippen LogP contribution in [0.3, 0.4) is 0 Å². The third kappa shape index (κ3) is 1.53. The molecule has 1 nitrogen and oxygen atoms in total. The van der Waals surface area contributed by atoms with Crippen LogP contribution < -0.4 is 0 Å². The van der Waals surface area contributed by atoms with Gasteiger partial charge in [0.1, 0.15) is 0 Å². The molecule has 0 spiro atoms. The Hall–Kier alpha value is -0.850. The summed E-state index contributed by atoms with van der Waals surface area (Å²) >= 11 is 0. The molecule has 0 aliphatic heterocycles. The Morgan fingerprint density at radius 1 is 1.20 bits per heavy atom. The van der Waals surface area contributed by atoms with Gasteiger partial charge in [-0.15, -0.1) is 0 Å². The second-order valence-corrected chi connectivity index (χ2v) is 8.11. The van der Waals surface area contributed by atoms with E-state index in [-0.39, 0.29) is 5.41 Å². The first-order valence-corrected chi connectivity index (χ1v) is 8.46. The van der Waals surface area contributed by atoms with Gasteiger partial charge < -0.3 is 0 Å². The van der Waals surface area contributed by atoms with Gasteiger partial charge >= 0.3 is 0 Å². The minimum absolute atomic E-state index is 0.197. The predicted molar refractivity (Wildman–Crippen MR) is 81.2 cm³/mol. The molecule has 0 amide bonds. The zero-order valence-corrected chi connectivity index (χ0v) is 12.8. The molecule has 4 rings (SSSR count). The van der Waals surface area contributed by atoms with E-state index in [0.717, 1.165) is 24.7 Å². The Labute approximate surface area is 122 Å². The lowest BCUT2D eigenvalue weighted by atomic mass is 9.47. The maximum absolute atomic E-state index is 12.7. The minimum Gasteiger partial charge on any atom is -0.295 e. The van der Waals surface area contributed by atoms with Crippen LogP contribution in [0.25, 0.3) is 0 Å². The number of Topliss-reactive ketones (excluding diaryl/α,β-unsaturated/α-hetero) is 1. The molecule has 0 radical (unpaired) electrons. The molecule has 0 heterocycles. The normalized spacial score (nSPS) is 50.2. The number of hydrogen-bond donors (Lipinski definition) is 0. The van der Waals surface area contributed by atoms with Gasteiger partial charge in [-0.05, 0) is 72.7 Å². The highest BCUT2D eigenvalue weighted by Crippen LogP contribution is 2.63. The molecule has 0 aromatic heterocycles. The summed E-state index contributed by atoms with van der Waals surface area (Å²) in [5, 5.41) is 0. The molecule has 0 bridgehead atoms. The molecule has 2 saturated carbocycles. The summed E-state index contributed by atoms with van der Waals surface area (Å²) < 4.78 is 0. The van der Waals surface area contributed by atoms with Crippen molar-refractivity contribution in [2.24, 2.45) is 28.6 Å². The lowest BCUT2D eigenvalue weighted by molar-refractivity contribution is -0.127. The molecular weight excluding hydrogens is 244 g/mol. The standard InChI is InChI=1S/C19H26O/c1-18-9-5-7-14(18)13-12-17(20)16-6-3-4-10-19(16,2)15(13)8-11-18/h5-6,9,13-15H,3-4,7-8,10-12H2,1-2H3/t13-,14-,15-,18-,19+/m0/s1. The third-order valence-corrected chi connectivity index (χ3v) is 7.17. The molecule has 4 aliphatic carbocycles. The van der Waals surface area contributed by atoms with Crippen molar-refractivity contribution in [1.29, 1.82) is 0 Å². The number of allylic oxidation sites excluding steroid dienone is 4. The monoisotopic (exact) mass is 270 g/mol. The van der Waals surface area contributed by atoms with Gasteiger partial charge in [-0.2, -0.15) is 0 Å². The van der Waals surface area contributed by atoms with Crippen molar-refractivity contribution in [1.82, 2.24) is 0 Å². The summed E-state index contributed by atoms with van der Waals surface area (Å²) in [6.45, 7) is 4.83. The van der Waals surface area contributed by atoms with Gasteiger partial charge in [0.25, 0.3) is 0 Å². The van der Waals surface area contributed by atoms with Crippen LogP contribution in [0, 0.1) is 28.6 Å². The van der Waals surface area contributed by atoms with Crippen LogP contribution in [0.2, 0.25) is 0 Å². The Kier molecular flexibility index (Phi) is 2.63. The molecule has 0 aromatic rings.